The number of rotatable bonds is 0. The van der Waals surface area contributed by atoms with Gasteiger partial charge in [0.1, 0.15) is 0 Å². The zero-order valence-corrected chi connectivity index (χ0v) is 4.52. The van der Waals surface area contributed by atoms with Crippen molar-refractivity contribution in [1.82, 2.24) is 4.98 Å². The van der Waals surface area contributed by atoms with Crippen LogP contribution in [0.5, 0.6) is 0 Å². The second-order valence-corrected chi connectivity index (χ2v) is 1.59. The number of anilines is 1. The molecule has 0 aromatic carbocycles. The molecule has 0 amide bonds. The highest BCUT2D eigenvalue weighted by Gasteiger charge is 1.92. The maximum absolute atomic E-state index is 12.0. The molecule has 0 aliphatic carbocycles. The van der Waals surface area contributed by atoms with Crippen molar-refractivity contribution in [2.45, 2.75) is 0 Å². The van der Waals surface area contributed by atoms with Gasteiger partial charge in [0.2, 0.25) is 0 Å². The van der Waals surface area contributed by atoms with Crippen LogP contribution in [-0.2, 0) is 0 Å². The number of halogens is 1. The molecule has 0 aliphatic rings. The quantitative estimate of drug-likeness (QED) is 0.486. The van der Waals surface area contributed by atoms with Gasteiger partial charge in [-0.25, -0.2) is 0 Å². The summed E-state index contributed by atoms with van der Waals surface area (Å²) in [5.74, 6) is -0.672. The number of nitrogen functional groups attached to an aromatic ring is 1. The Morgan fingerprint density at radius 1 is 1.56 bits per heavy atom. The molecule has 0 bridgehead atoms. The predicted molar refractivity (Wildman–Crippen MR) is 31.4 cm³/mol. The first-order valence-electron chi connectivity index (χ1n) is 2.34. The van der Waals surface area contributed by atoms with Crippen molar-refractivity contribution >= 4 is 5.69 Å². The molecule has 3 N–H and O–H groups in total. The fourth-order valence-corrected chi connectivity index (χ4v) is 0.461. The molecule has 0 spiro atoms. The molecule has 0 fully saturated rings. The highest BCUT2D eigenvalue weighted by Crippen LogP contribution is 1.91. The summed E-state index contributed by atoms with van der Waals surface area (Å²) in [6, 6.07) is 2.31. The van der Waals surface area contributed by atoms with Gasteiger partial charge in [0.05, 0.1) is 5.69 Å². The van der Waals surface area contributed by atoms with Gasteiger partial charge >= 0.3 is 0 Å². The summed E-state index contributed by atoms with van der Waals surface area (Å²) >= 11 is 0. The largest absolute Gasteiger partial charge is 0.394 e. The van der Waals surface area contributed by atoms with Crippen molar-refractivity contribution in [1.29, 1.82) is 0 Å². The van der Waals surface area contributed by atoms with E-state index in [1.165, 1.54) is 6.07 Å². The van der Waals surface area contributed by atoms with E-state index in [0.717, 1.165) is 6.07 Å². The highest BCUT2D eigenvalue weighted by molar-refractivity contribution is 5.32. The lowest BCUT2D eigenvalue weighted by molar-refractivity contribution is 0.580. The Balaban J connectivity index is 3.34. The second-order valence-electron chi connectivity index (χ2n) is 1.59. The van der Waals surface area contributed by atoms with Crippen molar-refractivity contribution in [2.24, 2.45) is 0 Å². The van der Waals surface area contributed by atoms with Gasteiger partial charge in [0.25, 0.3) is 5.56 Å². The number of hydrogen-bond donors (Lipinski definition) is 2. The standard InChI is InChI=1S/C5H5FN2O/c6-4-2-1-3(7)5(9)8-4/h1-2H,7H2,(H,8,9). The van der Waals surface area contributed by atoms with Crippen molar-refractivity contribution in [2.75, 3.05) is 5.73 Å². The molecule has 0 atom stereocenters. The summed E-state index contributed by atoms with van der Waals surface area (Å²) in [5, 5.41) is 0. The Morgan fingerprint density at radius 2 is 2.22 bits per heavy atom. The molecule has 3 nitrogen and oxygen atoms in total. The third kappa shape index (κ3) is 1.07. The van der Waals surface area contributed by atoms with E-state index in [1.54, 1.807) is 0 Å². The van der Waals surface area contributed by atoms with E-state index in [2.05, 4.69) is 0 Å². The molecule has 4 heteroatoms. The molecular formula is C5H5FN2O. The van der Waals surface area contributed by atoms with E-state index in [4.69, 9.17) is 5.73 Å². The van der Waals surface area contributed by atoms with E-state index in [9.17, 15) is 9.18 Å². The van der Waals surface area contributed by atoms with E-state index in [1.807, 2.05) is 4.98 Å². The van der Waals surface area contributed by atoms with Gasteiger partial charge in [-0.3, -0.25) is 9.78 Å². The molecule has 1 aromatic heterocycles. The third-order valence-corrected chi connectivity index (χ3v) is 0.904. The number of H-pyrrole nitrogens is 1. The van der Waals surface area contributed by atoms with Crippen LogP contribution in [0.4, 0.5) is 10.1 Å². The van der Waals surface area contributed by atoms with Crippen LogP contribution in [0, 0.1) is 5.95 Å². The SMILES string of the molecule is Nc1ccc(F)[nH]c1=O. The van der Waals surface area contributed by atoms with Crippen LogP contribution in [0.3, 0.4) is 0 Å². The van der Waals surface area contributed by atoms with Crippen LogP contribution in [0.15, 0.2) is 16.9 Å². The molecule has 1 aromatic rings. The monoisotopic (exact) mass is 128 g/mol. The lowest BCUT2D eigenvalue weighted by atomic mass is 10.4. The summed E-state index contributed by atoms with van der Waals surface area (Å²) in [6.45, 7) is 0. The van der Waals surface area contributed by atoms with Crippen LogP contribution < -0.4 is 11.3 Å². The van der Waals surface area contributed by atoms with Gasteiger partial charge in [-0.05, 0) is 12.1 Å². The summed E-state index contributed by atoms with van der Waals surface area (Å²) in [4.78, 5) is 12.3. The van der Waals surface area contributed by atoms with Crippen LogP contribution >= 0.6 is 0 Å². The smallest absolute Gasteiger partial charge is 0.273 e. The summed E-state index contributed by atoms with van der Waals surface area (Å²) in [5.41, 5.74) is 4.51. The average Bonchev–Trinajstić information content (AvgIpc) is 1.80. The number of nitrogens with two attached hydrogens (primary N) is 1. The first-order chi connectivity index (χ1) is 4.20. The minimum atomic E-state index is -0.672. The summed E-state index contributed by atoms with van der Waals surface area (Å²) in [7, 11) is 0. The molecular weight excluding hydrogens is 123 g/mol. The molecule has 0 unspecified atom stereocenters. The van der Waals surface area contributed by atoms with Gasteiger partial charge < -0.3 is 5.73 Å². The first-order valence-corrected chi connectivity index (χ1v) is 2.34. The van der Waals surface area contributed by atoms with E-state index in [-0.39, 0.29) is 5.69 Å². The van der Waals surface area contributed by atoms with Crippen molar-refractivity contribution in [3.63, 3.8) is 0 Å². The lowest BCUT2D eigenvalue weighted by Crippen LogP contribution is -2.11. The molecule has 0 saturated carbocycles. The minimum absolute atomic E-state index is 0.0244. The Kier molecular flexibility index (Phi) is 1.22. The van der Waals surface area contributed by atoms with Crippen molar-refractivity contribution in [3.8, 4) is 0 Å². The molecule has 1 rings (SSSR count). The van der Waals surface area contributed by atoms with Crippen LogP contribution in [0.2, 0.25) is 0 Å². The zero-order chi connectivity index (χ0) is 6.85. The molecule has 48 valence electrons. The van der Waals surface area contributed by atoms with Crippen molar-refractivity contribution in [3.05, 3.63) is 28.4 Å². The van der Waals surface area contributed by atoms with Gasteiger partial charge in [-0.2, -0.15) is 4.39 Å². The Labute approximate surface area is 50.3 Å². The van der Waals surface area contributed by atoms with Crippen molar-refractivity contribution < 1.29 is 4.39 Å². The fourth-order valence-electron chi connectivity index (χ4n) is 0.461. The van der Waals surface area contributed by atoms with Gasteiger partial charge in [-0.15, -0.1) is 0 Å². The van der Waals surface area contributed by atoms with Crippen LogP contribution in [0.1, 0.15) is 0 Å². The lowest BCUT2D eigenvalue weighted by Gasteiger charge is -1.88. The second kappa shape index (κ2) is 1.89. The molecule has 9 heavy (non-hydrogen) atoms. The maximum Gasteiger partial charge on any atom is 0.273 e. The molecule has 0 saturated heterocycles. The number of nitrogens with one attached hydrogen (secondary N) is 1. The van der Waals surface area contributed by atoms with Gasteiger partial charge in [-0.1, -0.05) is 0 Å². The number of hydrogen-bond acceptors (Lipinski definition) is 2. The fraction of sp³-hybridized carbons (Fsp3) is 0. The van der Waals surface area contributed by atoms with Gasteiger partial charge in [0, 0.05) is 0 Å². The number of aromatic nitrogens is 1. The first kappa shape index (κ1) is 5.81. The van der Waals surface area contributed by atoms with Crippen LogP contribution in [-0.4, -0.2) is 4.98 Å². The summed E-state index contributed by atoms with van der Waals surface area (Å²) in [6.07, 6.45) is 0. The zero-order valence-electron chi connectivity index (χ0n) is 4.52. The molecule has 0 aliphatic heterocycles. The molecule has 0 radical (unpaired) electrons. The Morgan fingerprint density at radius 3 is 2.67 bits per heavy atom. The van der Waals surface area contributed by atoms with Crippen LogP contribution in [0.25, 0.3) is 0 Å². The maximum atomic E-state index is 12.0. The highest BCUT2D eigenvalue weighted by atomic mass is 19.1. The third-order valence-electron chi connectivity index (χ3n) is 0.904. The predicted octanol–water partition coefficient (Wildman–Crippen LogP) is 0.0962. The Bertz CT molecular complexity index is 268. The topological polar surface area (TPSA) is 58.9 Å². The number of pyridine rings is 1. The normalized spacial score (nSPS) is 9.44. The Hall–Kier alpha value is -1.32. The van der Waals surface area contributed by atoms with Gasteiger partial charge in [0.15, 0.2) is 5.95 Å². The summed E-state index contributed by atoms with van der Waals surface area (Å²) < 4.78 is 12.0. The molecule has 1 heterocycles. The van der Waals surface area contributed by atoms with E-state index < -0.39 is 11.5 Å². The van der Waals surface area contributed by atoms with E-state index in [0.29, 0.717) is 0 Å². The average molecular weight is 128 g/mol. The van der Waals surface area contributed by atoms with E-state index >= 15 is 0 Å². The minimum Gasteiger partial charge on any atom is -0.394 e. The number of aromatic amines is 1.